The summed E-state index contributed by atoms with van der Waals surface area (Å²) in [5.41, 5.74) is -0.534. The molecule has 1 unspecified atom stereocenters. The predicted molar refractivity (Wildman–Crippen MR) is 80.6 cm³/mol. The van der Waals surface area contributed by atoms with Crippen molar-refractivity contribution in [2.24, 2.45) is 0 Å². The van der Waals surface area contributed by atoms with E-state index in [1.807, 2.05) is 0 Å². The van der Waals surface area contributed by atoms with Crippen LogP contribution < -0.4 is 14.8 Å². The molecule has 8 heteroatoms. The number of hydrogen-bond donors (Lipinski definition) is 1. The number of halogens is 1. The fourth-order valence-corrected chi connectivity index (χ4v) is 1.82. The zero-order valence-electron chi connectivity index (χ0n) is 12.8. The number of alkyl carbamates (subject to hydrolysis) is 1. The van der Waals surface area contributed by atoms with Crippen molar-refractivity contribution < 1.29 is 19.0 Å². The number of carbonyl (C=O) groups is 1. The lowest BCUT2D eigenvalue weighted by molar-refractivity contribution is 0.0493. The fraction of sp³-hybridized carbons (Fsp3) is 0.615. The molecule has 1 N–H and O–H groups in total. The van der Waals surface area contributed by atoms with Crippen molar-refractivity contribution in [2.45, 2.75) is 39.3 Å². The van der Waals surface area contributed by atoms with E-state index < -0.39 is 11.7 Å². The average Bonchev–Trinajstić information content (AvgIpc) is 2.35. The molecule has 0 saturated heterocycles. The summed E-state index contributed by atoms with van der Waals surface area (Å²) in [5.74, 6) is 0.729. The van der Waals surface area contributed by atoms with Gasteiger partial charge in [0.2, 0.25) is 11.8 Å². The fourth-order valence-electron chi connectivity index (χ4n) is 1.34. The second kappa shape index (κ2) is 7.44. The minimum absolute atomic E-state index is 0.234. The molecule has 0 saturated carbocycles. The summed E-state index contributed by atoms with van der Waals surface area (Å²) in [6.07, 6.45) is 0.850. The van der Waals surface area contributed by atoms with Crippen LogP contribution in [0.3, 0.4) is 0 Å². The minimum atomic E-state index is -0.534. The van der Waals surface area contributed by atoms with Gasteiger partial charge in [0.05, 0.1) is 13.2 Å². The standard InChI is InChI=1S/C13H20BrN3O4/c1-8(17-12(18)21-13(2,3)4)6-20-11-9(14)10(19-5)15-7-16-11/h7-8H,6H2,1-5H3,(H,17,18). The van der Waals surface area contributed by atoms with Crippen LogP contribution in [0.1, 0.15) is 27.7 Å². The van der Waals surface area contributed by atoms with E-state index in [0.29, 0.717) is 16.2 Å². The number of rotatable bonds is 5. The van der Waals surface area contributed by atoms with E-state index in [9.17, 15) is 4.79 Å². The minimum Gasteiger partial charge on any atom is -0.480 e. The molecule has 0 spiro atoms. The zero-order chi connectivity index (χ0) is 16.0. The van der Waals surface area contributed by atoms with Crippen LogP contribution in [-0.2, 0) is 4.74 Å². The van der Waals surface area contributed by atoms with Crippen LogP contribution in [0.2, 0.25) is 0 Å². The van der Waals surface area contributed by atoms with Gasteiger partial charge in [-0.15, -0.1) is 0 Å². The smallest absolute Gasteiger partial charge is 0.407 e. The van der Waals surface area contributed by atoms with Gasteiger partial charge >= 0.3 is 6.09 Å². The molecule has 0 bridgehead atoms. The molecule has 1 rings (SSSR count). The Kier molecular flexibility index (Phi) is 6.19. The first-order valence-electron chi connectivity index (χ1n) is 6.39. The summed E-state index contributed by atoms with van der Waals surface area (Å²) < 4.78 is 16.3. The highest BCUT2D eigenvalue weighted by atomic mass is 79.9. The van der Waals surface area contributed by atoms with Crippen LogP contribution in [0.15, 0.2) is 10.8 Å². The molecular formula is C13H20BrN3O4. The summed E-state index contributed by atoms with van der Waals surface area (Å²) in [6, 6.07) is -0.243. The highest BCUT2D eigenvalue weighted by molar-refractivity contribution is 9.10. The Hall–Kier alpha value is -1.57. The Morgan fingerprint density at radius 2 is 2.00 bits per heavy atom. The molecule has 0 radical (unpaired) electrons. The second-order valence-electron chi connectivity index (χ2n) is 5.36. The van der Waals surface area contributed by atoms with Crippen LogP contribution in [0.4, 0.5) is 4.79 Å². The Morgan fingerprint density at radius 3 is 2.57 bits per heavy atom. The molecule has 0 aliphatic rings. The lowest BCUT2D eigenvalue weighted by Crippen LogP contribution is -2.40. The predicted octanol–water partition coefficient (Wildman–Crippen LogP) is 2.54. The molecule has 0 aliphatic carbocycles. The van der Waals surface area contributed by atoms with Crippen molar-refractivity contribution >= 4 is 22.0 Å². The molecule has 1 heterocycles. The molecule has 0 fully saturated rings. The number of nitrogens with zero attached hydrogens (tertiary/aromatic N) is 2. The van der Waals surface area contributed by atoms with Gasteiger partial charge in [-0.25, -0.2) is 14.8 Å². The molecule has 21 heavy (non-hydrogen) atoms. The van der Waals surface area contributed by atoms with Crippen molar-refractivity contribution in [1.29, 1.82) is 0 Å². The van der Waals surface area contributed by atoms with E-state index in [1.54, 1.807) is 27.7 Å². The van der Waals surface area contributed by atoms with E-state index >= 15 is 0 Å². The number of carbonyl (C=O) groups excluding carboxylic acids is 1. The molecule has 1 amide bonds. The van der Waals surface area contributed by atoms with Gasteiger partial charge in [-0.05, 0) is 43.6 Å². The van der Waals surface area contributed by atoms with Crippen molar-refractivity contribution in [3.8, 4) is 11.8 Å². The van der Waals surface area contributed by atoms with Crippen molar-refractivity contribution in [3.05, 3.63) is 10.8 Å². The maximum Gasteiger partial charge on any atom is 0.407 e. The molecule has 1 aromatic rings. The quantitative estimate of drug-likeness (QED) is 0.867. The molecule has 1 atom stereocenters. The third-order valence-electron chi connectivity index (χ3n) is 2.15. The molecule has 1 aromatic heterocycles. The average molecular weight is 362 g/mol. The van der Waals surface area contributed by atoms with Gasteiger partial charge in [-0.3, -0.25) is 0 Å². The van der Waals surface area contributed by atoms with Gasteiger partial charge in [-0.1, -0.05) is 0 Å². The molecule has 118 valence electrons. The Balaban J connectivity index is 2.50. The lowest BCUT2D eigenvalue weighted by Gasteiger charge is -2.22. The summed E-state index contributed by atoms with van der Waals surface area (Å²) in [4.78, 5) is 19.5. The molecule has 7 nitrogen and oxygen atoms in total. The van der Waals surface area contributed by atoms with Crippen molar-refractivity contribution in [2.75, 3.05) is 13.7 Å². The Labute approximate surface area is 132 Å². The van der Waals surface area contributed by atoms with Gasteiger partial charge in [0.25, 0.3) is 0 Å². The Bertz CT molecular complexity index is 491. The van der Waals surface area contributed by atoms with Crippen LogP contribution >= 0.6 is 15.9 Å². The van der Waals surface area contributed by atoms with Crippen LogP contribution in [-0.4, -0.2) is 41.4 Å². The third-order valence-corrected chi connectivity index (χ3v) is 2.83. The first-order valence-corrected chi connectivity index (χ1v) is 7.19. The first kappa shape index (κ1) is 17.5. The van der Waals surface area contributed by atoms with Crippen LogP contribution in [0, 0.1) is 0 Å². The molecular weight excluding hydrogens is 342 g/mol. The summed E-state index contributed by atoms with van der Waals surface area (Å²) in [7, 11) is 1.50. The van der Waals surface area contributed by atoms with Crippen molar-refractivity contribution in [1.82, 2.24) is 15.3 Å². The number of nitrogens with one attached hydrogen (secondary N) is 1. The van der Waals surface area contributed by atoms with E-state index in [4.69, 9.17) is 14.2 Å². The maximum absolute atomic E-state index is 11.6. The highest BCUT2D eigenvalue weighted by Crippen LogP contribution is 2.29. The van der Waals surface area contributed by atoms with E-state index in [0.717, 1.165) is 0 Å². The first-order chi connectivity index (χ1) is 9.73. The monoisotopic (exact) mass is 361 g/mol. The molecule has 0 aliphatic heterocycles. The third kappa shape index (κ3) is 6.16. The maximum atomic E-state index is 11.6. The van der Waals surface area contributed by atoms with Gasteiger partial charge in [-0.2, -0.15) is 0 Å². The SMILES string of the molecule is COc1ncnc(OCC(C)NC(=O)OC(C)(C)C)c1Br. The van der Waals surface area contributed by atoms with E-state index in [1.165, 1.54) is 13.4 Å². The number of hydrogen-bond acceptors (Lipinski definition) is 6. The van der Waals surface area contributed by atoms with E-state index in [-0.39, 0.29) is 12.6 Å². The molecule has 0 aromatic carbocycles. The second-order valence-corrected chi connectivity index (χ2v) is 6.15. The zero-order valence-corrected chi connectivity index (χ0v) is 14.4. The summed E-state index contributed by atoms with van der Waals surface area (Å²) >= 11 is 3.30. The van der Waals surface area contributed by atoms with Gasteiger partial charge in [0.1, 0.15) is 23.0 Å². The Morgan fingerprint density at radius 1 is 1.38 bits per heavy atom. The number of amides is 1. The van der Waals surface area contributed by atoms with E-state index in [2.05, 4.69) is 31.2 Å². The topological polar surface area (TPSA) is 82.6 Å². The number of aromatic nitrogens is 2. The van der Waals surface area contributed by atoms with Crippen LogP contribution in [0.5, 0.6) is 11.8 Å². The highest BCUT2D eigenvalue weighted by Gasteiger charge is 2.18. The lowest BCUT2D eigenvalue weighted by atomic mass is 10.2. The number of methoxy groups -OCH3 is 1. The summed E-state index contributed by atoms with van der Waals surface area (Å²) in [5, 5.41) is 2.68. The largest absolute Gasteiger partial charge is 0.480 e. The van der Waals surface area contributed by atoms with Gasteiger partial charge in [0, 0.05) is 0 Å². The number of ether oxygens (including phenoxy) is 3. The van der Waals surface area contributed by atoms with Crippen LogP contribution in [0.25, 0.3) is 0 Å². The van der Waals surface area contributed by atoms with Crippen molar-refractivity contribution in [3.63, 3.8) is 0 Å². The normalized spacial score (nSPS) is 12.5. The summed E-state index contributed by atoms with van der Waals surface area (Å²) in [6.45, 7) is 7.45. The van der Waals surface area contributed by atoms with Gasteiger partial charge in [0.15, 0.2) is 0 Å². The van der Waals surface area contributed by atoms with Gasteiger partial charge < -0.3 is 19.5 Å².